The molecule has 9 heteroatoms. The van der Waals surface area contributed by atoms with Crippen molar-refractivity contribution in [2.45, 2.75) is 12.8 Å². The number of esters is 1. The topological polar surface area (TPSA) is 122 Å². The van der Waals surface area contributed by atoms with Crippen LogP contribution in [0.5, 0.6) is 0 Å². The normalized spacial score (nSPS) is 15.9. The Kier molecular flexibility index (Phi) is 4.40. The number of aromatic nitrogens is 4. The van der Waals surface area contributed by atoms with Crippen molar-refractivity contribution in [1.29, 1.82) is 0 Å². The zero-order chi connectivity index (χ0) is 19.7. The maximum atomic E-state index is 12.5. The van der Waals surface area contributed by atoms with E-state index < -0.39 is 11.9 Å². The monoisotopic (exact) mass is 376 g/mol. The summed E-state index contributed by atoms with van der Waals surface area (Å²) in [6.07, 6.45) is 0. The Bertz CT molecular complexity index is 1070. The van der Waals surface area contributed by atoms with E-state index in [1.807, 2.05) is 24.3 Å². The van der Waals surface area contributed by atoms with Crippen LogP contribution < -0.4 is 5.32 Å². The van der Waals surface area contributed by atoms with Crippen molar-refractivity contribution in [1.82, 2.24) is 20.6 Å². The van der Waals surface area contributed by atoms with E-state index in [1.165, 1.54) is 7.11 Å². The number of nitrogens with one attached hydrogen (secondary N) is 2. The Morgan fingerprint density at radius 1 is 1.18 bits per heavy atom. The SMILES string of the molecule is COC(=O)c1ccc2c(c1)NC(=O)C2C(C)=Nc1ccc(-c2nn[nH]n2)cc1. The standard InChI is InChI=1S/C19H16N6O3/c1-10(20-13-6-3-11(4-7-13)17-22-24-25-23-17)16-14-8-5-12(19(27)28-2)9-15(14)21-18(16)26/h3-9,16H,1-2H3,(H,21,26)(H,22,23,24,25). The van der Waals surface area contributed by atoms with E-state index in [1.54, 1.807) is 25.1 Å². The van der Waals surface area contributed by atoms with Gasteiger partial charge in [0.15, 0.2) is 0 Å². The van der Waals surface area contributed by atoms with Crippen LogP contribution in [0.25, 0.3) is 11.4 Å². The van der Waals surface area contributed by atoms with Crippen LogP contribution in [0.3, 0.4) is 0 Å². The van der Waals surface area contributed by atoms with Crippen LogP contribution in [0.15, 0.2) is 47.5 Å². The van der Waals surface area contributed by atoms with Crippen molar-refractivity contribution >= 4 is 29.0 Å². The summed E-state index contributed by atoms with van der Waals surface area (Å²) < 4.78 is 4.72. The summed E-state index contributed by atoms with van der Waals surface area (Å²) in [5.74, 6) is -0.648. The number of H-pyrrole nitrogens is 1. The molecule has 2 N–H and O–H groups in total. The predicted molar refractivity (Wildman–Crippen MR) is 102 cm³/mol. The van der Waals surface area contributed by atoms with Gasteiger partial charge in [-0.1, -0.05) is 6.07 Å². The molecule has 1 amide bonds. The number of amides is 1. The van der Waals surface area contributed by atoms with Crippen LogP contribution in [-0.4, -0.2) is 45.3 Å². The van der Waals surface area contributed by atoms with E-state index in [0.717, 1.165) is 11.1 Å². The highest BCUT2D eigenvalue weighted by atomic mass is 16.5. The molecule has 4 rings (SSSR count). The lowest BCUT2D eigenvalue weighted by Crippen LogP contribution is -2.18. The molecule has 0 radical (unpaired) electrons. The number of rotatable bonds is 4. The number of carbonyl (C=O) groups is 2. The molecule has 1 atom stereocenters. The summed E-state index contributed by atoms with van der Waals surface area (Å²) in [5.41, 5.74) is 3.92. The molecule has 1 aliphatic heterocycles. The number of carbonyl (C=O) groups excluding carboxylic acids is 2. The smallest absolute Gasteiger partial charge is 0.337 e. The van der Waals surface area contributed by atoms with Crippen molar-refractivity contribution in [3.05, 3.63) is 53.6 Å². The van der Waals surface area contributed by atoms with Gasteiger partial charge < -0.3 is 10.1 Å². The Balaban J connectivity index is 1.61. The number of hydrogen-bond acceptors (Lipinski definition) is 7. The highest BCUT2D eigenvalue weighted by Gasteiger charge is 2.33. The molecule has 0 aliphatic carbocycles. The molecule has 9 nitrogen and oxygen atoms in total. The number of nitrogens with zero attached hydrogens (tertiary/aromatic N) is 4. The van der Waals surface area contributed by atoms with Gasteiger partial charge in [0.05, 0.1) is 18.4 Å². The summed E-state index contributed by atoms with van der Waals surface area (Å²) in [6, 6.07) is 12.3. The fourth-order valence-electron chi connectivity index (χ4n) is 3.16. The molecular formula is C19H16N6O3. The number of hydrogen-bond donors (Lipinski definition) is 2. The largest absolute Gasteiger partial charge is 0.465 e. The number of ether oxygens (including phenoxy) is 1. The van der Waals surface area contributed by atoms with Crippen LogP contribution in [0, 0.1) is 0 Å². The zero-order valence-electron chi connectivity index (χ0n) is 15.1. The van der Waals surface area contributed by atoms with Gasteiger partial charge in [0.1, 0.15) is 5.92 Å². The van der Waals surface area contributed by atoms with E-state index in [4.69, 9.17) is 4.74 Å². The number of fused-ring (bicyclic) bond motifs is 1. The van der Waals surface area contributed by atoms with Gasteiger partial charge in [-0.25, -0.2) is 4.79 Å². The lowest BCUT2D eigenvalue weighted by molar-refractivity contribution is -0.115. The fraction of sp³-hybridized carbons (Fsp3) is 0.158. The first-order valence-electron chi connectivity index (χ1n) is 8.49. The van der Waals surface area contributed by atoms with Gasteiger partial charge in [-0.2, -0.15) is 5.21 Å². The van der Waals surface area contributed by atoms with Crippen LogP contribution in [0.1, 0.15) is 28.8 Å². The van der Waals surface area contributed by atoms with E-state index in [9.17, 15) is 9.59 Å². The maximum Gasteiger partial charge on any atom is 0.337 e. The van der Waals surface area contributed by atoms with Crippen LogP contribution in [0.4, 0.5) is 11.4 Å². The quantitative estimate of drug-likeness (QED) is 0.533. The second-order valence-electron chi connectivity index (χ2n) is 6.25. The van der Waals surface area contributed by atoms with E-state index >= 15 is 0 Å². The third-order valence-electron chi connectivity index (χ3n) is 4.50. The Labute approximate surface area is 159 Å². The fourth-order valence-corrected chi connectivity index (χ4v) is 3.16. The van der Waals surface area contributed by atoms with Crippen molar-refractivity contribution in [3.8, 4) is 11.4 Å². The zero-order valence-corrected chi connectivity index (χ0v) is 15.1. The first-order valence-corrected chi connectivity index (χ1v) is 8.49. The average molecular weight is 376 g/mol. The third-order valence-corrected chi connectivity index (χ3v) is 4.50. The van der Waals surface area contributed by atoms with E-state index in [-0.39, 0.29) is 5.91 Å². The van der Waals surface area contributed by atoms with Gasteiger partial charge in [0, 0.05) is 17.0 Å². The molecular weight excluding hydrogens is 360 g/mol. The second kappa shape index (κ2) is 7.03. The van der Waals surface area contributed by atoms with Gasteiger partial charge in [0.2, 0.25) is 11.7 Å². The van der Waals surface area contributed by atoms with Crippen molar-refractivity contribution in [2.75, 3.05) is 12.4 Å². The molecule has 1 aromatic heterocycles. The number of tetrazole rings is 1. The maximum absolute atomic E-state index is 12.5. The van der Waals surface area contributed by atoms with Crippen molar-refractivity contribution in [2.24, 2.45) is 4.99 Å². The minimum Gasteiger partial charge on any atom is -0.465 e. The molecule has 140 valence electrons. The minimum absolute atomic E-state index is 0.179. The molecule has 2 aromatic carbocycles. The highest BCUT2D eigenvalue weighted by Crippen LogP contribution is 2.35. The molecule has 0 spiro atoms. The molecule has 1 unspecified atom stereocenters. The summed E-state index contributed by atoms with van der Waals surface area (Å²) in [6.45, 7) is 1.81. The van der Waals surface area contributed by atoms with Crippen LogP contribution in [0.2, 0.25) is 0 Å². The molecule has 0 saturated heterocycles. The van der Waals surface area contributed by atoms with Crippen LogP contribution >= 0.6 is 0 Å². The third kappa shape index (κ3) is 3.13. The number of benzene rings is 2. The number of aliphatic imine (C=N–C) groups is 1. The molecule has 0 saturated carbocycles. The first kappa shape index (κ1) is 17.5. The van der Waals surface area contributed by atoms with Crippen LogP contribution in [-0.2, 0) is 9.53 Å². The van der Waals surface area contributed by atoms with Gasteiger partial charge in [-0.05, 0) is 54.1 Å². The van der Waals surface area contributed by atoms with Crippen molar-refractivity contribution < 1.29 is 14.3 Å². The molecule has 1 aliphatic rings. The van der Waals surface area contributed by atoms with Gasteiger partial charge in [0.25, 0.3) is 0 Å². The Hall–Kier alpha value is -3.88. The van der Waals surface area contributed by atoms with Gasteiger partial charge >= 0.3 is 5.97 Å². The predicted octanol–water partition coefficient (Wildman–Crippen LogP) is 2.48. The Morgan fingerprint density at radius 3 is 2.64 bits per heavy atom. The van der Waals surface area contributed by atoms with Gasteiger partial charge in [-0.3, -0.25) is 9.79 Å². The van der Waals surface area contributed by atoms with Gasteiger partial charge in [-0.15, -0.1) is 10.2 Å². The average Bonchev–Trinajstić information content (AvgIpc) is 3.34. The van der Waals surface area contributed by atoms with Crippen molar-refractivity contribution in [3.63, 3.8) is 0 Å². The molecule has 0 bridgehead atoms. The summed E-state index contributed by atoms with van der Waals surface area (Å²) in [4.78, 5) is 28.8. The molecule has 0 fully saturated rings. The molecule has 28 heavy (non-hydrogen) atoms. The number of anilines is 1. The second-order valence-corrected chi connectivity index (χ2v) is 6.25. The Morgan fingerprint density at radius 2 is 1.96 bits per heavy atom. The van der Waals surface area contributed by atoms with E-state index in [0.29, 0.717) is 28.5 Å². The first-order chi connectivity index (χ1) is 13.6. The summed E-state index contributed by atoms with van der Waals surface area (Å²) in [5, 5.41) is 16.6. The highest BCUT2D eigenvalue weighted by molar-refractivity contribution is 6.18. The van der Waals surface area contributed by atoms with E-state index in [2.05, 4.69) is 30.9 Å². The number of aromatic amines is 1. The molecule has 3 aromatic rings. The minimum atomic E-state index is -0.515. The lowest BCUT2D eigenvalue weighted by Gasteiger charge is -2.09. The number of methoxy groups -OCH3 is 1. The summed E-state index contributed by atoms with van der Waals surface area (Å²) >= 11 is 0. The molecule has 2 heterocycles. The lowest BCUT2D eigenvalue weighted by atomic mass is 9.95. The summed E-state index contributed by atoms with van der Waals surface area (Å²) in [7, 11) is 1.32.